The molecule has 58 heavy (non-hydrogen) atoms. The molecule has 1 aliphatic heterocycles. The average Bonchev–Trinajstić information content (AvgIpc) is 3.57. The molecule has 0 bridgehead atoms. The van der Waals surface area contributed by atoms with Crippen molar-refractivity contribution in [1.29, 1.82) is 0 Å². The van der Waals surface area contributed by atoms with Crippen LogP contribution >= 0.6 is 0 Å². The van der Waals surface area contributed by atoms with Crippen LogP contribution in [0.4, 0.5) is 11.4 Å². The van der Waals surface area contributed by atoms with Crippen molar-refractivity contribution in [2.24, 2.45) is 0 Å². The molecule has 0 saturated carbocycles. The highest BCUT2D eigenvalue weighted by Gasteiger charge is 2.26. The molecule has 1 aliphatic rings. The van der Waals surface area contributed by atoms with Gasteiger partial charge in [0.2, 0.25) is 0 Å². The molecule has 2 heterocycles. The molecule has 0 aliphatic carbocycles. The second kappa shape index (κ2) is 12.9. The lowest BCUT2D eigenvalue weighted by Crippen LogP contribution is -1.97. The molecule has 1 aromatic heterocycles. The van der Waals surface area contributed by atoms with Crippen molar-refractivity contribution >= 4 is 54.7 Å². The van der Waals surface area contributed by atoms with E-state index < -0.39 is 0 Å². The topological polar surface area (TPSA) is 17.0 Å². The number of aromatic nitrogens is 1. The second-order valence-corrected chi connectivity index (χ2v) is 15.4. The van der Waals surface area contributed by atoms with Gasteiger partial charge < -0.3 is 9.88 Å². The van der Waals surface area contributed by atoms with E-state index in [4.69, 9.17) is 0 Å². The van der Waals surface area contributed by atoms with E-state index in [0.29, 0.717) is 0 Å². The van der Waals surface area contributed by atoms with Crippen molar-refractivity contribution in [2.75, 3.05) is 5.32 Å². The number of hydrogen-bond donors (Lipinski definition) is 1. The quantitative estimate of drug-likeness (QED) is 0.186. The van der Waals surface area contributed by atoms with Crippen molar-refractivity contribution in [3.63, 3.8) is 0 Å². The molecule has 1 N–H and O–H groups in total. The van der Waals surface area contributed by atoms with E-state index in [1.165, 1.54) is 93.5 Å². The van der Waals surface area contributed by atoms with Crippen LogP contribution in [-0.2, 0) is 0 Å². The fraction of sp³-hybridized carbons (Fsp3) is 0. The predicted octanol–water partition coefficient (Wildman–Crippen LogP) is 15.5. The molecule has 10 aromatic carbocycles. The van der Waals surface area contributed by atoms with Crippen LogP contribution in [0.2, 0.25) is 0 Å². The molecule has 2 nitrogen and oxygen atoms in total. The molecule has 0 saturated heterocycles. The van der Waals surface area contributed by atoms with Crippen molar-refractivity contribution in [1.82, 2.24) is 4.57 Å². The minimum absolute atomic E-state index is 1.06. The summed E-state index contributed by atoms with van der Waals surface area (Å²) < 4.78 is 2.50. The summed E-state index contributed by atoms with van der Waals surface area (Å²) in [4.78, 5) is 0. The summed E-state index contributed by atoms with van der Waals surface area (Å²) in [6.45, 7) is 0. The largest absolute Gasteiger partial charge is 0.354 e. The first-order valence-corrected chi connectivity index (χ1v) is 20.0. The zero-order valence-electron chi connectivity index (χ0n) is 31.7. The molecule has 2 heteroatoms. The molecule has 0 atom stereocenters. The number of nitrogens with zero attached hydrogens (tertiary/aromatic N) is 1. The summed E-state index contributed by atoms with van der Waals surface area (Å²) in [5.41, 5.74) is 17.8. The Morgan fingerprint density at radius 3 is 1.53 bits per heavy atom. The fourth-order valence-corrected chi connectivity index (χ4v) is 9.34. The zero-order chi connectivity index (χ0) is 38.2. The summed E-state index contributed by atoms with van der Waals surface area (Å²) in [7, 11) is 0. The van der Waals surface area contributed by atoms with Gasteiger partial charge in [0.15, 0.2) is 0 Å². The number of nitrogens with one attached hydrogen (secondary N) is 1. The smallest absolute Gasteiger partial charge is 0.0620 e. The number of para-hydroxylation sites is 2. The first-order valence-electron chi connectivity index (χ1n) is 20.0. The van der Waals surface area contributed by atoms with E-state index in [1.54, 1.807) is 0 Å². The van der Waals surface area contributed by atoms with Crippen LogP contribution in [0.15, 0.2) is 212 Å². The van der Waals surface area contributed by atoms with E-state index in [2.05, 4.69) is 222 Å². The van der Waals surface area contributed by atoms with E-state index in [1.807, 2.05) is 0 Å². The molecule has 0 unspecified atom stereocenters. The Morgan fingerprint density at radius 1 is 0.293 bits per heavy atom. The van der Waals surface area contributed by atoms with Gasteiger partial charge in [-0.3, -0.25) is 0 Å². The van der Waals surface area contributed by atoms with Gasteiger partial charge in [0.1, 0.15) is 0 Å². The summed E-state index contributed by atoms with van der Waals surface area (Å²) in [6, 6.07) is 77.8. The van der Waals surface area contributed by atoms with Gasteiger partial charge >= 0.3 is 0 Å². The van der Waals surface area contributed by atoms with Crippen LogP contribution in [0.3, 0.4) is 0 Å². The predicted molar refractivity (Wildman–Crippen MR) is 246 cm³/mol. The second-order valence-electron chi connectivity index (χ2n) is 15.4. The van der Waals surface area contributed by atoms with Gasteiger partial charge in [-0.05, 0) is 116 Å². The Morgan fingerprint density at radius 2 is 0.828 bits per heavy atom. The molecular formula is C56H36N2. The summed E-state index contributed by atoms with van der Waals surface area (Å²) in [5, 5.41) is 11.4. The molecule has 0 spiro atoms. The van der Waals surface area contributed by atoms with Crippen LogP contribution in [0.25, 0.3) is 105 Å². The van der Waals surface area contributed by atoms with Crippen LogP contribution < -0.4 is 5.32 Å². The Kier molecular flexibility index (Phi) is 7.26. The number of rotatable bonds is 5. The van der Waals surface area contributed by atoms with E-state index >= 15 is 0 Å². The van der Waals surface area contributed by atoms with Crippen molar-refractivity contribution in [3.8, 4) is 61.3 Å². The first-order chi connectivity index (χ1) is 28.7. The van der Waals surface area contributed by atoms with Crippen LogP contribution in [-0.4, -0.2) is 4.57 Å². The monoisotopic (exact) mass is 736 g/mol. The van der Waals surface area contributed by atoms with E-state index in [0.717, 1.165) is 22.5 Å². The van der Waals surface area contributed by atoms with Crippen LogP contribution in [0, 0.1) is 0 Å². The third-order valence-electron chi connectivity index (χ3n) is 12.1. The number of fused-ring (bicyclic) bond motifs is 10. The fourth-order valence-electron chi connectivity index (χ4n) is 9.34. The molecule has 11 aromatic rings. The number of benzene rings is 10. The van der Waals surface area contributed by atoms with E-state index in [9.17, 15) is 0 Å². The highest BCUT2D eigenvalue weighted by atomic mass is 15.0. The first kappa shape index (κ1) is 32.6. The number of hydrogen-bond acceptors (Lipinski definition) is 1. The highest BCUT2D eigenvalue weighted by molar-refractivity contribution is 6.18. The minimum atomic E-state index is 1.06. The average molecular weight is 737 g/mol. The van der Waals surface area contributed by atoms with Crippen LogP contribution in [0.5, 0.6) is 0 Å². The standard InChI is InChI=1S/C56H36N2/c1-3-15-36(16-4-1)46-30-42(27-28-52(46)57-53-35-41-22-10-9-19-38(41)29-47(53)37-17-5-2-6-18-37)43-33-50-45-24-12-14-26-55(45)58-54-25-13-11-23-44(54)48-31-39-20-7-8-21-40(39)32-49(48)51(34-43)56(50)58/h1-35,57H. The summed E-state index contributed by atoms with van der Waals surface area (Å²) in [5.74, 6) is 0. The van der Waals surface area contributed by atoms with Gasteiger partial charge in [-0.15, -0.1) is 0 Å². The maximum atomic E-state index is 3.94. The summed E-state index contributed by atoms with van der Waals surface area (Å²) in [6.07, 6.45) is 0. The van der Waals surface area contributed by atoms with E-state index in [-0.39, 0.29) is 0 Å². The lowest BCUT2D eigenvalue weighted by molar-refractivity contribution is 1.19. The van der Waals surface area contributed by atoms with Crippen molar-refractivity contribution in [3.05, 3.63) is 212 Å². The van der Waals surface area contributed by atoms with Gasteiger partial charge in [0.25, 0.3) is 0 Å². The Hall–Kier alpha value is -7.68. The molecule has 270 valence electrons. The van der Waals surface area contributed by atoms with Crippen molar-refractivity contribution < 1.29 is 0 Å². The third kappa shape index (κ3) is 5.12. The van der Waals surface area contributed by atoms with Gasteiger partial charge in [-0.25, -0.2) is 0 Å². The molecule has 0 amide bonds. The SMILES string of the molecule is c1ccc(-c2cc(-c3cc4c5c(c3)c3ccccc3n5-c3ccccc3-c3cc5ccccc5cc3-4)ccc2Nc2cc3ccccc3cc2-c2ccccc2)cc1. The molecule has 0 radical (unpaired) electrons. The van der Waals surface area contributed by atoms with Crippen molar-refractivity contribution in [2.45, 2.75) is 0 Å². The Balaban J connectivity index is 1.10. The maximum Gasteiger partial charge on any atom is 0.0620 e. The lowest BCUT2D eigenvalue weighted by atomic mass is 9.88. The van der Waals surface area contributed by atoms with Gasteiger partial charge in [0.05, 0.1) is 16.7 Å². The minimum Gasteiger partial charge on any atom is -0.354 e. The van der Waals surface area contributed by atoms with Gasteiger partial charge in [0, 0.05) is 44.4 Å². The maximum absolute atomic E-state index is 3.94. The zero-order valence-corrected chi connectivity index (χ0v) is 31.7. The normalized spacial score (nSPS) is 11.8. The summed E-state index contributed by atoms with van der Waals surface area (Å²) >= 11 is 0. The highest BCUT2D eigenvalue weighted by Crippen LogP contribution is 2.49. The van der Waals surface area contributed by atoms with Crippen LogP contribution in [0.1, 0.15) is 0 Å². The molecule has 0 fully saturated rings. The third-order valence-corrected chi connectivity index (χ3v) is 12.1. The Bertz CT molecular complexity index is 3410. The molecular weight excluding hydrogens is 701 g/mol. The lowest BCUT2D eigenvalue weighted by Gasteiger charge is -2.19. The van der Waals surface area contributed by atoms with Gasteiger partial charge in [-0.1, -0.05) is 152 Å². The number of anilines is 2. The molecule has 12 rings (SSSR count). The van der Waals surface area contributed by atoms with Gasteiger partial charge in [-0.2, -0.15) is 0 Å². The Labute approximate surface area is 336 Å².